The number of aryl methyl sites for hydroxylation is 1. The predicted octanol–water partition coefficient (Wildman–Crippen LogP) is 1.85. The molecule has 2 aliphatic rings. The van der Waals surface area contributed by atoms with Crippen LogP contribution in [-0.4, -0.2) is 43.7 Å². The molecule has 19 heavy (non-hydrogen) atoms. The van der Waals surface area contributed by atoms with Crippen molar-refractivity contribution in [1.29, 1.82) is 0 Å². The first-order valence-corrected chi connectivity index (χ1v) is 7.39. The number of benzene rings is 1. The zero-order valence-corrected chi connectivity index (χ0v) is 12.1. The van der Waals surface area contributed by atoms with Crippen LogP contribution in [0.4, 0.5) is 5.69 Å². The zero-order chi connectivity index (χ0) is 13.5. The van der Waals surface area contributed by atoms with Crippen LogP contribution < -0.4 is 10.6 Å². The molecule has 1 aromatic carbocycles. The highest BCUT2D eigenvalue weighted by Gasteiger charge is 2.48. The van der Waals surface area contributed by atoms with E-state index >= 15 is 0 Å². The molecule has 0 aromatic heterocycles. The van der Waals surface area contributed by atoms with Crippen LogP contribution in [0.2, 0.25) is 0 Å². The van der Waals surface area contributed by atoms with E-state index < -0.39 is 0 Å². The number of para-hydroxylation sites is 1. The molecule has 3 nitrogen and oxygen atoms in total. The number of piperidine rings is 1. The van der Waals surface area contributed by atoms with Gasteiger partial charge >= 0.3 is 0 Å². The van der Waals surface area contributed by atoms with Gasteiger partial charge in [0, 0.05) is 32.4 Å². The third-order valence-corrected chi connectivity index (χ3v) is 5.39. The van der Waals surface area contributed by atoms with Crippen molar-refractivity contribution in [2.75, 3.05) is 38.1 Å². The molecule has 0 saturated carbocycles. The predicted molar refractivity (Wildman–Crippen MR) is 80.5 cm³/mol. The summed E-state index contributed by atoms with van der Waals surface area (Å²) in [5.41, 5.74) is 9.09. The molecule has 0 aliphatic carbocycles. The number of rotatable bonds is 3. The lowest BCUT2D eigenvalue weighted by Crippen LogP contribution is -2.61. The fraction of sp³-hybridized carbons (Fsp3) is 0.625. The summed E-state index contributed by atoms with van der Waals surface area (Å²) in [7, 11) is 2.24. The Bertz CT molecular complexity index is 459. The first-order chi connectivity index (χ1) is 9.17. The number of nitrogens with zero attached hydrogens (tertiary/aromatic N) is 2. The lowest BCUT2D eigenvalue weighted by Gasteiger charge is -2.50. The van der Waals surface area contributed by atoms with Crippen molar-refractivity contribution in [3.8, 4) is 0 Å². The normalized spacial score (nSPS) is 33.4. The van der Waals surface area contributed by atoms with Gasteiger partial charge in [-0.25, -0.2) is 0 Å². The molecule has 104 valence electrons. The summed E-state index contributed by atoms with van der Waals surface area (Å²) in [6.07, 6.45) is 2.49. The average Bonchev–Trinajstić information content (AvgIpc) is 2.83. The van der Waals surface area contributed by atoms with E-state index in [2.05, 4.69) is 48.0 Å². The minimum absolute atomic E-state index is 0.152. The van der Waals surface area contributed by atoms with Gasteiger partial charge in [-0.3, -0.25) is 0 Å². The molecule has 0 amide bonds. The van der Waals surface area contributed by atoms with Gasteiger partial charge in [0.2, 0.25) is 0 Å². The van der Waals surface area contributed by atoms with Gasteiger partial charge in [0.25, 0.3) is 0 Å². The molecule has 0 radical (unpaired) electrons. The molecule has 3 rings (SSSR count). The SMILES string of the molecule is Cc1ccccc1N(C)C1(CN)CCN2CCC1C2. The third-order valence-electron chi connectivity index (χ3n) is 5.39. The molecule has 0 spiro atoms. The summed E-state index contributed by atoms with van der Waals surface area (Å²) in [6, 6.07) is 8.67. The second kappa shape index (κ2) is 4.80. The molecule has 1 aromatic rings. The highest BCUT2D eigenvalue weighted by molar-refractivity contribution is 5.55. The summed E-state index contributed by atoms with van der Waals surface area (Å²) < 4.78 is 0. The van der Waals surface area contributed by atoms with Crippen molar-refractivity contribution >= 4 is 5.69 Å². The van der Waals surface area contributed by atoms with E-state index in [1.807, 2.05) is 0 Å². The van der Waals surface area contributed by atoms with E-state index in [4.69, 9.17) is 5.73 Å². The van der Waals surface area contributed by atoms with Crippen molar-refractivity contribution in [2.45, 2.75) is 25.3 Å². The van der Waals surface area contributed by atoms with Gasteiger partial charge in [0.05, 0.1) is 5.54 Å². The van der Waals surface area contributed by atoms with Gasteiger partial charge in [0.15, 0.2) is 0 Å². The Morgan fingerprint density at radius 2 is 2.16 bits per heavy atom. The molecule has 2 saturated heterocycles. The van der Waals surface area contributed by atoms with Crippen LogP contribution >= 0.6 is 0 Å². The Morgan fingerprint density at radius 3 is 2.89 bits per heavy atom. The molecule has 2 N–H and O–H groups in total. The third kappa shape index (κ3) is 1.96. The van der Waals surface area contributed by atoms with Crippen LogP contribution in [-0.2, 0) is 0 Å². The number of anilines is 1. The monoisotopic (exact) mass is 259 g/mol. The highest BCUT2D eigenvalue weighted by atomic mass is 15.3. The molecule has 2 heterocycles. The number of likely N-dealkylation sites (N-methyl/N-ethyl adjacent to an activating group) is 1. The number of fused-ring (bicyclic) bond motifs is 2. The van der Waals surface area contributed by atoms with Gasteiger partial charge in [-0.05, 0) is 43.9 Å². The van der Waals surface area contributed by atoms with Gasteiger partial charge in [-0.1, -0.05) is 18.2 Å². The van der Waals surface area contributed by atoms with Gasteiger partial charge in [-0.15, -0.1) is 0 Å². The van der Waals surface area contributed by atoms with Crippen LogP contribution in [0.25, 0.3) is 0 Å². The molecule has 2 fully saturated rings. The molecule has 2 aliphatic heterocycles. The molecule has 3 atom stereocenters. The van der Waals surface area contributed by atoms with Crippen LogP contribution in [0, 0.1) is 12.8 Å². The quantitative estimate of drug-likeness (QED) is 0.899. The fourth-order valence-electron chi connectivity index (χ4n) is 4.06. The molecule has 3 heteroatoms. The Balaban J connectivity index is 1.95. The molecular weight excluding hydrogens is 234 g/mol. The van der Waals surface area contributed by atoms with E-state index in [0.29, 0.717) is 0 Å². The van der Waals surface area contributed by atoms with Crippen LogP contribution in [0.5, 0.6) is 0 Å². The molecular formula is C16H25N3. The second-order valence-corrected chi connectivity index (χ2v) is 6.19. The maximum absolute atomic E-state index is 6.25. The summed E-state index contributed by atoms with van der Waals surface area (Å²) in [6.45, 7) is 6.64. The number of nitrogens with two attached hydrogens (primary N) is 1. The molecule has 3 unspecified atom stereocenters. The number of hydrogen-bond acceptors (Lipinski definition) is 3. The maximum atomic E-state index is 6.25. The van der Waals surface area contributed by atoms with Crippen LogP contribution in [0.3, 0.4) is 0 Å². The summed E-state index contributed by atoms with van der Waals surface area (Å²) >= 11 is 0. The van der Waals surface area contributed by atoms with E-state index in [1.165, 1.54) is 43.7 Å². The highest BCUT2D eigenvalue weighted by Crippen LogP contribution is 2.41. The first kappa shape index (κ1) is 12.9. The van der Waals surface area contributed by atoms with Crippen LogP contribution in [0.15, 0.2) is 24.3 Å². The standard InChI is InChI=1S/C16H25N3/c1-13-5-3-4-6-15(13)18(2)16(12-17)8-10-19-9-7-14(16)11-19/h3-6,14H,7-12,17H2,1-2H3. The largest absolute Gasteiger partial charge is 0.367 e. The van der Waals surface area contributed by atoms with Gasteiger partial charge in [0.1, 0.15) is 0 Å². The van der Waals surface area contributed by atoms with Gasteiger partial charge < -0.3 is 15.5 Å². The summed E-state index contributed by atoms with van der Waals surface area (Å²) in [5.74, 6) is 0.718. The van der Waals surface area contributed by atoms with E-state index in [0.717, 1.165) is 12.5 Å². The summed E-state index contributed by atoms with van der Waals surface area (Å²) in [4.78, 5) is 5.07. The summed E-state index contributed by atoms with van der Waals surface area (Å²) in [5, 5.41) is 0. The minimum atomic E-state index is 0.152. The van der Waals surface area contributed by atoms with Crippen molar-refractivity contribution in [3.05, 3.63) is 29.8 Å². The van der Waals surface area contributed by atoms with Gasteiger partial charge in [-0.2, -0.15) is 0 Å². The lowest BCUT2D eigenvalue weighted by atomic mass is 9.77. The lowest BCUT2D eigenvalue weighted by molar-refractivity contribution is 0.168. The molecule has 2 bridgehead atoms. The fourth-order valence-corrected chi connectivity index (χ4v) is 4.06. The van der Waals surface area contributed by atoms with E-state index in [1.54, 1.807) is 0 Å². The Hall–Kier alpha value is -1.06. The Labute approximate surface area is 116 Å². The van der Waals surface area contributed by atoms with Crippen LogP contribution in [0.1, 0.15) is 18.4 Å². The van der Waals surface area contributed by atoms with Crippen molar-refractivity contribution in [3.63, 3.8) is 0 Å². The zero-order valence-electron chi connectivity index (χ0n) is 12.1. The first-order valence-electron chi connectivity index (χ1n) is 7.39. The topological polar surface area (TPSA) is 32.5 Å². The van der Waals surface area contributed by atoms with E-state index in [9.17, 15) is 0 Å². The van der Waals surface area contributed by atoms with Crippen molar-refractivity contribution in [2.24, 2.45) is 11.7 Å². The second-order valence-electron chi connectivity index (χ2n) is 6.19. The average molecular weight is 259 g/mol. The Kier molecular flexibility index (Phi) is 3.27. The van der Waals surface area contributed by atoms with Crippen molar-refractivity contribution < 1.29 is 0 Å². The van der Waals surface area contributed by atoms with E-state index in [-0.39, 0.29) is 5.54 Å². The van der Waals surface area contributed by atoms with Crippen molar-refractivity contribution in [1.82, 2.24) is 4.90 Å². The minimum Gasteiger partial charge on any atom is -0.367 e. The Morgan fingerprint density at radius 1 is 1.37 bits per heavy atom. The smallest absolute Gasteiger partial charge is 0.0573 e. The maximum Gasteiger partial charge on any atom is 0.0573 e. The number of hydrogen-bond donors (Lipinski definition) is 1.